The molecule has 0 saturated heterocycles. The molecule has 29 heavy (non-hydrogen) atoms. The molecule has 4 rings (SSSR count). The van der Waals surface area contributed by atoms with E-state index in [2.05, 4.69) is 15.3 Å². The molecule has 0 spiro atoms. The van der Waals surface area contributed by atoms with Crippen LogP contribution in [0.5, 0.6) is 11.6 Å². The third-order valence-corrected chi connectivity index (χ3v) is 6.02. The number of carbonyl (C=O) groups is 1. The van der Waals surface area contributed by atoms with Gasteiger partial charge in [0.1, 0.15) is 5.75 Å². The Morgan fingerprint density at radius 3 is 2.55 bits per heavy atom. The summed E-state index contributed by atoms with van der Waals surface area (Å²) in [6, 6.07) is 17.1. The Morgan fingerprint density at radius 2 is 1.86 bits per heavy atom. The summed E-state index contributed by atoms with van der Waals surface area (Å²) in [6.07, 6.45) is 2.57. The molecule has 146 valence electrons. The molecule has 7 nitrogen and oxygen atoms in total. The second-order valence-electron chi connectivity index (χ2n) is 6.18. The second kappa shape index (κ2) is 7.61. The third kappa shape index (κ3) is 4.41. The molecular weight excluding hydrogens is 410 g/mol. The lowest BCUT2D eigenvalue weighted by atomic mass is 10.3. The molecule has 0 fully saturated rings. The number of hydrogen-bond donors (Lipinski definition) is 1. The summed E-state index contributed by atoms with van der Waals surface area (Å²) in [6.45, 7) is 0. The van der Waals surface area contributed by atoms with E-state index >= 15 is 0 Å². The van der Waals surface area contributed by atoms with Crippen molar-refractivity contribution in [3.8, 4) is 11.6 Å². The lowest BCUT2D eigenvalue weighted by Gasteiger charge is -2.05. The van der Waals surface area contributed by atoms with Gasteiger partial charge in [-0.25, -0.2) is 18.4 Å². The summed E-state index contributed by atoms with van der Waals surface area (Å²) in [4.78, 5) is 21.2. The van der Waals surface area contributed by atoms with E-state index in [1.165, 1.54) is 23.6 Å². The highest BCUT2D eigenvalue weighted by molar-refractivity contribution is 7.90. The number of nitrogens with zero attached hydrogens (tertiary/aromatic N) is 2. The number of fused-ring (bicyclic) bond motifs is 1. The van der Waals surface area contributed by atoms with E-state index < -0.39 is 9.84 Å². The van der Waals surface area contributed by atoms with Gasteiger partial charge in [0, 0.05) is 18.5 Å². The largest absolute Gasteiger partial charge is 0.439 e. The smallest absolute Gasteiger partial charge is 0.259 e. The van der Waals surface area contributed by atoms with E-state index in [0.717, 1.165) is 6.26 Å². The summed E-state index contributed by atoms with van der Waals surface area (Å²) < 4.78 is 29.7. The SMILES string of the molecule is CS(=O)(=O)c1ccc2nc(NC(=O)c3ccc(Oc4ccccc4)nc3)sc2c1. The molecule has 0 aliphatic rings. The molecule has 9 heteroatoms. The second-order valence-corrected chi connectivity index (χ2v) is 9.22. The Morgan fingerprint density at radius 1 is 1.07 bits per heavy atom. The van der Waals surface area contributed by atoms with Crippen LogP contribution in [0.3, 0.4) is 0 Å². The topological polar surface area (TPSA) is 98.2 Å². The van der Waals surface area contributed by atoms with Gasteiger partial charge in [-0.1, -0.05) is 29.5 Å². The van der Waals surface area contributed by atoms with E-state index in [1.807, 2.05) is 30.3 Å². The van der Waals surface area contributed by atoms with Gasteiger partial charge in [0.15, 0.2) is 15.0 Å². The van der Waals surface area contributed by atoms with E-state index in [1.54, 1.807) is 24.3 Å². The zero-order valence-electron chi connectivity index (χ0n) is 15.2. The van der Waals surface area contributed by atoms with Gasteiger partial charge in [0.2, 0.25) is 5.88 Å². The highest BCUT2D eigenvalue weighted by Crippen LogP contribution is 2.28. The molecule has 0 radical (unpaired) electrons. The standard InChI is InChI=1S/C20H15N3O4S2/c1-29(25,26)15-8-9-16-17(11-15)28-20(22-16)23-19(24)13-7-10-18(21-12-13)27-14-5-3-2-4-6-14/h2-12H,1H3,(H,22,23,24). The molecule has 4 aromatic rings. The average Bonchev–Trinajstić information content (AvgIpc) is 3.10. The van der Waals surface area contributed by atoms with Crippen LogP contribution in [-0.4, -0.2) is 30.5 Å². The van der Waals surface area contributed by atoms with Crippen LogP contribution in [0.1, 0.15) is 10.4 Å². The first kappa shape index (κ1) is 19.0. The quantitative estimate of drug-likeness (QED) is 0.516. The van der Waals surface area contributed by atoms with E-state index in [-0.39, 0.29) is 10.8 Å². The van der Waals surface area contributed by atoms with Crippen molar-refractivity contribution in [3.63, 3.8) is 0 Å². The molecule has 1 N–H and O–H groups in total. The number of rotatable bonds is 5. The van der Waals surface area contributed by atoms with Gasteiger partial charge in [-0.05, 0) is 36.4 Å². The van der Waals surface area contributed by atoms with Crippen molar-refractivity contribution in [3.05, 3.63) is 72.4 Å². The van der Waals surface area contributed by atoms with Gasteiger partial charge in [0.05, 0.1) is 20.7 Å². The predicted molar refractivity (Wildman–Crippen MR) is 111 cm³/mol. The number of sulfone groups is 1. The number of aromatic nitrogens is 2. The number of carbonyl (C=O) groups excluding carboxylic acids is 1. The van der Waals surface area contributed by atoms with Crippen molar-refractivity contribution in [1.82, 2.24) is 9.97 Å². The fraction of sp³-hybridized carbons (Fsp3) is 0.0500. The zero-order valence-corrected chi connectivity index (χ0v) is 16.8. The van der Waals surface area contributed by atoms with E-state index in [0.29, 0.717) is 32.5 Å². The van der Waals surface area contributed by atoms with Crippen LogP contribution < -0.4 is 10.1 Å². The molecule has 2 heterocycles. The van der Waals surface area contributed by atoms with Crippen molar-refractivity contribution in [2.45, 2.75) is 4.90 Å². The van der Waals surface area contributed by atoms with Crippen LogP contribution in [-0.2, 0) is 9.84 Å². The van der Waals surface area contributed by atoms with Crippen molar-refractivity contribution in [2.24, 2.45) is 0 Å². The first-order chi connectivity index (χ1) is 13.9. The van der Waals surface area contributed by atoms with Gasteiger partial charge in [-0.2, -0.15) is 0 Å². The minimum atomic E-state index is -3.31. The first-order valence-corrected chi connectivity index (χ1v) is 11.2. The highest BCUT2D eigenvalue weighted by atomic mass is 32.2. The normalized spacial score (nSPS) is 11.3. The van der Waals surface area contributed by atoms with E-state index in [4.69, 9.17) is 4.74 Å². The molecule has 0 bridgehead atoms. The Kier molecular flexibility index (Phi) is 4.99. The van der Waals surface area contributed by atoms with E-state index in [9.17, 15) is 13.2 Å². The molecule has 0 saturated carbocycles. The maximum Gasteiger partial charge on any atom is 0.259 e. The fourth-order valence-electron chi connectivity index (χ4n) is 2.54. The number of ether oxygens (including phenoxy) is 1. The maximum absolute atomic E-state index is 12.5. The number of hydrogen-bond acceptors (Lipinski definition) is 7. The van der Waals surface area contributed by atoms with Crippen LogP contribution in [0.4, 0.5) is 5.13 Å². The summed E-state index contributed by atoms with van der Waals surface area (Å²) in [7, 11) is -3.31. The molecule has 2 aromatic carbocycles. The van der Waals surface area contributed by atoms with Crippen molar-refractivity contribution < 1.29 is 17.9 Å². The maximum atomic E-state index is 12.5. The number of thiazole rings is 1. The van der Waals surface area contributed by atoms with Crippen LogP contribution in [0.25, 0.3) is 10.2 Å². The number of amides is 1. The molecule has 1 amide bonds. The van der Waals surface area contributed by atoms with Crippen molar-refractivity contribution >= 4 is 42.4 Å². The number of benzene rings is 2. The first-order valence-electron chi connectivity index (χ1n) is 8.49. The summed E-state index contributed by atoms with van der Waals surface area (Å²) in [5, 5.41) is 3.09. The van der Waals surface area contributed by atoms with Gasteiger partial charge in [-0.15, -0.1) is 0 Å². The zero-order chi connectivity index (χ0) is 20.4. The number of anilines is 1. The van der Waals surface area contributed by atoms with Crippen LogP contribution in [0, 0.1) is 0 Å². The lowest BCUT2D eigenvalue weighted by Crippen LogP contribution is -2.11. The van der Waals surface area contributed by atoms with Crippen molar-refractivity contribution in [1.29, 1.82) is 0 Å². The Labute approximate surface area is 170 Å². The van der Waals surface area contributed by atoms with Crippen LogP contribution >= 0.6 is 11.3 Å². The average molecular weight is 425 g/mol. The van der Waals surface area contributed by atoms with Crippen molar-refractivity contribution in [2.75, 3.05) is 11.6 Å². The van der Waals surface area contributed by atoms with Gasteiger partial charge in [0.25, 0.3) is 5.91 Å². The van der Waals surface area contributed by atoms with Gasteiger partial charge < -0.3 is 4.74 Å². The molecule has 0 atom stereocenters. The van der Waals surface area contributed by atoms with Crippen LogP contribution in [0.2, 0.25) is 0 Å². The minimum absolute atomic E-state index is 0.213. The molecule has 0 unspecified atom stereocenters. The number of nitrogens with one attached hydrogen (secondary N) is 1. The van der Waals surface area contributed by atoms with Gasteiger partial charge in [-0.3, -0.25) is 10.1 Å². The monoisotopic (exact) mass is 425 g/mol. The lowest BCUT2D eigenvalue weighted by molar-refractivity contribution is 0.102. The summed E-state index contributed by atoms with van der Waals surface area (Å²) in [5.41, 5.74) is 0.962. The molecule has 2 aromatic heterocycles. The molecule has 0 aliphatic heterocycles. The predicted octanol–water partition coefficient (Wildman–Crippen LogP) is 4.14. The Bertz CT molecular complexity index is 1280. The summed E-state index contributed by atoms with van der Waals surface area (Å²) in [5.74, 6) is 0.660. The van der Waals surface area contributed by atoms with Crippen LogP contribution in [0.15, 0.2) is 71.8 Å². The molecular formula is C20H15N3O4S2. The summed E-state index contributed by atoms with van der Waals surface area (Å²) >= 11 is 1.20. The highest BCUT2D eigenvalue weighted by Gasteiger charge is 2.13. The van der Waals surface area contributed by atoms with Gasteiger partial charge >= 0.3 is 0 Å². The fourth-order valence-corrected chi connectivity index (χ4v) is 4.16. The minimum Gasteiger partial charge on any atom is -0.439 e. The Hall–Kier alpha value is -3.30. The third-order valence-electron chi connectivity index (χ3n) is 3.97. The Balaban J connectivity index is 1.49. The molecule has 0 aliphatic carbocycles. The number of para-hydroxylation sites is 1. The number of pyridine rings is 1.